The first-order valence-corrected chi connectivity index (χ1v) is 8.28. The molecule has 0 bridgehead atoms. The molecule has 0 fully saturated rings. The van der Waals surface area contributed by atoms with Crippen LogP contribution in [0.5, 0.6) is 0 Å². The van der Waals surface area contributed by atoms with Gasteiger partial charge in [-0.1, -0.05) is 68.5 Å². The first-order valence-electron chi connectivity index (χ1n) is 8.28. The minimum atomic E-state index is 0.952. The summed E-state index contributed by atoms with van der Waals surface area (Å²) in [6, 6.07) is 17.0. The summed E-state index contributed by atoms with van der Waals surface area (Å²) in [4.78, 5) is 8.10. The van der Waals surface area contributed by atoms with Gasteiger partial charge in [0.1, 0.15) is 5.82 Å². The smallest absolute Gasteiger partial charge is 0.138 e. The van der Waals surface area contributed by atoms with Crippen molar-refractivity contribution in [2.24, 2.45) is 0 Å². The van der Waals surface area contributed by atoms with E-state index in [1.165, 1.54) is 16.7 Å². The third kappa shape index (κ3) is 3.42. The van der Waals surface area contributed by atoms with Crippen molar-refractivity contribution < 1.29 is 0 Å². The standard InChI is InChI=1S/C19H16N2.C2H6/c1-2-6-14(7-3-1)12-15-10-11-17-18(13-15)21-19(20-17)16-8-4-5-9-16;1-2/h1-4,6-11,13H,5,12H2,(H,20,21);1-2H3. The molecule has 3 aromatic rings. The van der Waals surface area contributed by atoms with Crippen LogP contribution in [0.1, 0.15) is 37.2 Å². The van der Waals surface area contributed by atoms with Gasteiger partial charge in [-0.2, -0.15) is 0 Å². The number of rotatable bonds is 3. The minimum absolute atomic E-state index is 0.952. The van der Waals surface area contributed by atoms with Gasteiger partial charge in [0.25, 0.3) is 0 Å². The van der Waals surface area contributed by atoms with Crippen molar-refractivity contribution in [1.82, 2.24) is 9.97 Å². The molecule has 0 aliphatic heterocycles. The normalized spacial score (nSPS) is 12.9. The van der Waals surface area contributed by atoms with Gasteiger partial charge in [0.15, 0.2) is 0 Å². The number of aromatic amines is 1. The van der Waals surface area contributed by atoms with Crippen LogP contribution in [0.2, 0.25) is 0 Å². The molecule has 0 unspecified atom stereocenters. The maximum Gasteiger partial charge on any atom is 0.138 e. The van der Waals surface area contributed by atoms with Crippen LogP contribution in [-0.2, 0) is 6.42 Å². The molecule has 0 atom stereocenters. The molecule has 4 rings (SSSR count). The van der Waals surface area contributed by atoms with Crippen molar-refractivity contribution in [3.05, 3.63) is 83.7 Å². The SMILES string of the molecule is C1=CC(c2nc3ccc(Cc4ccccc4)cc3[nH]2)=CC1.CC. The second kappa shape index (κ2) is 7.10. The molecule has 0 spiro atoms. The van der Waals surface area contributed by atoms with Gasteiger partial charge in [-0.25, -0.2) is 4.98 Å². The van der Waals surface area contributed by atoms with Crippen LogP contribution in [0.25, 0.3) is 16.6 Å². The molecule has 116 valence electrons. The molecule has 0 amide bonds. The van der Waals surface area contributed by atoms with E-state index in [1.807, 2.05) is 13.8 Å². The quantitative estimate of drug-likeness (QED) is 0.677. The Balaban J connectivity index is 0.000000753. The number of allylic oxidation sites excluding steroid dienone is 4. The Morgan fingerprint density at radius 1 is 1.00 bits per heavy atom. The zero-order valence-corrected chi connectivity index (χ0v) is 13.7. The number of hydrogen-bond acceptors (Lipinski definition) is 1. The highest BCUT2D eigenvalue weighted by molar-refractivity contribution is 5.82. The second-order valence-corrected chi connectivity index (χ2v) is 5.40. The number of benzene rings is 2. The molecular weight excluding hydrogens is 280 g/mol. The first kappa shape index (κ1) is 15.3. The van der Waals surface area contributed by atoms with E-state index in [0.717, 1.165) is 29.7 Å². The Morgan fingerprint density at radius 3 is 2.57 bits per heavy atom. The van der Waals surface area contributed by atoms with E-state index in [0.29, 0.717) is 0 Å². The molecule has 1 heterocycles. The van der Waals surface area contributed by atoms with Crippen LogP contribution < -0.4 is 0 Å². The summed E-state index contributed by atoms with van der Waals surface area (Å²) in [6.07, 6.45) is 8.44. The van der Waals surface area contributed by atoms with Gasteiger partial charge in [-0.15, -0.1) is 0 Å². The Morgan fingerprint density at radius 2 is 1.83 bits per heavy atom. The van der Waals surface area contributed by atoms with Gasteiger partial charge in [0.05, 0.1) is 11.0 Å². The largest absolute Gasteiger partial charge is 0.338 e. The van der Waals surface area contributed by atoms with E-state index in [1.54, 1.807) is 0 Å². The predicted octanol–water partition coefficient (Wildman–Crippen LogP) is 5.52. The van der Waals surface area contributed by atoms with E-state index in [9.17, 15) is 0 Å². The van der Waals surface area contributed by atoms with Gasteiger partial charge in [-0.05, 0) is 36.1 Å². The minimum Gasteiger partial charge on any atom is -0.338 e. The highest BCUT2D eigenvalue weighted by Crippen LogP contribution is 2.23. The lowest BCUT2D eigenvalue weighted by molar-refractivity contribution is 1.20. The summed E-state index contributed by atoms with van der Waals surface area (Å²) in [5.41, 5.74) is 5.97. The number of fused-ring (bicyclic) bond motifs is 1. The zero-order valence-electron chi connectivity index (χ0n) is 13.7. The average Bonchev–Trinajstić information content (AvgIpc) is 3.26. The van der Waals surface area contributed by atoms with Gasteiger partial charge in [-0.3, -0.25) is 0 Å². The molecule has 1 aliphatic carbocycles. The first-order chi connectivity index (χ1) is 11.4. The summed E-state index contributed by atoms with van der Waals surface area (Å²) >= 11 is 0. The van der Waals surface area contributed by atoms with Crippen LogP contribution >= 0.6 is 0 Å². The number of imidazole rings is 1. The maximum absolute atomic E-state index is 4.67. The highest BCUT2D eigenvalue weighted by Gasteiger charge is 2.08. The Labute approximate surface area is 137 Å². The fourth-order valence-electron chi connectivity index (χ4n) is 2.77. The summed E-state index contributed by atoms with van der Waals surface area (Å²) in [5.74, 6) is 0.968. The molecule has 1 aromatic heterocycles. The summed E-state index contributed by atoms with van der Waals surface area (Å²) in [5, 5.41) is 0. The van der Waals surface area contributed by atoms with E-state index in [-0.39, 0.29) is 0 Å². The van der Waals surface area contributed by atoms with Gasteiger partial charge >= 0.3 is 0 Å². The van der Waals surface area contributed by atoms with Crippen LogP contribution in [0, 0.1) is 0 Å². The van der Waals surface area contributed by atoms with Crippen molar-refractivity contribution in [3.63, 3.8) is 0 Å². The number of nitrogens with zero attached hydrogens (tertiary/aromatic N) is 1. The number of aromatic nitrogens is 2. The fourth-order valence-corrected chi connectivity index (χ4v) is 2.77. The Kier molecular flexibility index (Phi) is 4.72. The lowest BCUT2D eigenvalue weighted by Crippen LogP contribution is -1.87. The van der Waals surface area contributed by atoms with Crippen molar-refractivity contribution >= 4 is 16.6 Å². The molecule has 1 N–H and O–H groups in total. The van der Waals surface area contributed by atoms with E-state index in [2.05, 4.69) is 76.7 Å². The molecule has 23 heavy (non-hydrogen) atoms. The third-order valence-electron chi connectivity index (χ3n) is 3.84. The van der Waals surface area contributed by atoms with Gasteiger partial charge in [0, 0.05) is 5.57 Å². The van der Waals surface area contributed by atoms with Crippen LogP contribution in [0.4, 0.5) is 0 Å². The van der Waals surface area contributed by atoms with Gasteiger partial charge < -0.3 is 4.98 Å². The van der Waals surface area contributed by atoms with Crippen LogP contribution in [0.15, 0.2) is 66.8 Å². The van der Waals surface area contributed by atoms with Crippen LogP contribution in [-0.4, -0.2) is 9.97 Å². The van der Waals surface area contributed by atoms with E-state index in [4.69, 9.17) is 0 Å². The topological polar surface area (TPSA) is 28.7 Å². The number of nitrogens with one attached hydrogen (secondary N) is 1. The van der Waals surface area contributed by atoms with Crippen molar-refractivity contribution in [1.29, 1.82) is 0 Å². The predicted molar refractivity (Wildman–Crippen MR) is 98.4 cm³/mol. The number of H-pyrrole nitrogens is 1. The maximum atomic E-state index is 4.67. The second-order valence-electron chi connectivity index (χ2n) is 5.40. The third-order valence-corrected chi connectivity index (χ3v) is 3.84. The number of hydrogen-bond donors (Lipinski definition) is 1. The summed E-state index contributed by atoms with van der Waals surface area (Å²) in [7, 11) is 0. The van der Waals surface area contributed by atoms with Crippen molar-refractivity contribution in [2.45, 2.75) is 26.7 Å². The summed E-state index contributed by atoms with van der Waals surface area (Å²) in [6.45, 7) is 4.00. The van der Waals surface area contributed by atoms with E-state index < -0.39 is 0 Å². The van der Waals surface area contributed by atoms with Crippen molar-refractivity contribution in [2.75, 3.05) is 0 Å². The molecule has 2 aromatic carbocycles. The summed E-state index contributed by atoms with van der Waals surface area (Å²) < 4.78 is 0. The monoisotopic (exact) mass is 302 g/mol. The zero-order chi connectivity index (χ0) is 16.1. The molecule has 0 saturated carbocycles. The Hall–Kier alpha value is -2.61. The molecule has 0 saturated heterocycles. The lowest BCUT2D eigenvalue weighted by atomic mass is 10.0. The molecule has 2 heteroatoms. The van der Waals surface area contributed by atoms with Crippen molar-refractivity contribution in [3.8, 4) is 0 Å². The molecule has 1 aliphatic rings. The average molecular weight is 302 g/mol. The van der Waals surface area contributed by atoms with E-state index >= 15 is 0 Å². The highest BCUT2D eigenvalue weighted by atomic mass is 14.9. The molecular formula is C21H22N2. The lowest BCUT2D eigenvalue weighted by Gasteiger charge is -2.01. The van der Waals surface area contributed by atoms with Gasteiger partial charge in [0.2, 0.25) is 0 Å². The Bertz CT molecular complexity index is 839. The molecule has 2 nitrogen and oxygen atoms in total. The fraction of sp³-hybridized carbons (Fsp3) is 0.190. The molecule has 0 radical (unpaired) electrons. The van der Waals surface area contributed by atoms with Crippen LogP contribution in [0.3, 0.4) is 0 Å².